The molecule has 0 fully saturated rings. The molecule has 0 spiro atoms. The molecule has 56 heavy (non-hydrogen) atoms. The van der Waals surface area contributed by atoms with Gasteiger partial charge in [0.15, 0.2) is 6.10 Å². The molecular weight excluding hydrogens is 736 g/mol. The Hall–Kier alpha value is -5.71. The Morgan fingerprint density at radius 2 is 0.732 bits per heavy atom. The van der Waals surface area contributed by atoms with Gasteiger partial charge in [0.2, 0.25) is 0 Å². The first-order valence-corrected chi connectivity index (χ1v) is 17.4. The third-order valence-corrected chi connectivity index (χ3v) is 6.30. The Bertz CT molecular complexity index is 1520. The topological polar surface area (TPSA) is 209 Å². The minimum atomic E-state index is -0.963. The highest BCUT2D eigenvalue weighted by Crippen LogP contribution is 2.11. The zero-order chi connectivity index (χ0) is 41.6. The lowest BCUT2D eigenvalue weighted by atomic mass is 10.3. The van der Waals surface area contributed by atoms with Gasteiger partial charge in [-0.15, -0.1) is 0 Å². The first-order chi connectivity index (χ1) is 26.7. The van der Waals surface area contributed by atoms with Gasteiger partial charge in [0.05, 0.1) is 6.61 Å². The lowest BCUT2D eigenvalue weighted by Crippen LogP contribution is -2.33. The van der Waals surface area contributed by atoms with Crippen LogP contribution in [-0.2, 0) is 52.4 Å². The van der Waals surface area contributed by atoms with Gasteiger partial charge in [0, 0.05) is 34.6 Å². The van der Waals surface area contributed by atoms with Crippen LogP contribution >= 0.6 is 0 Å². The number of hydrogen-bond acceptors (Lipinski definition) is 16. The molecule has 0 saturated carbocycles. The van der Waals surface area contributed by atoms with Gasteiger partial charge in [-0.1, -0.05) is 54.6 Å². The second kappa shape index (κ2) is 29.6. The minimum absolute atomic E-state index is 0.00243. The van der Waals surface area contributed by atoms with E-state index in [9.17, 15) is 34.2 Å². The van der Waals surface area contributed by atoms with Crippen molar-refractivity contribution in [2.45, 2.75) is 59.0 Å². The predicted molar refractivity (Wildman–Crippen MR) is 200 cm³/mol. The van der Waals surface area contributed by atoms with Crippen molar-refractivity contribution in [2.75, 3.05) is 52.9 Å². The van der Waals surface area contributed by atoms with Crippen LogP contribution < -0.4 is 14.2 Å². The maximum atomic E-state index is 10.9. The molecule has 3 aromatic carbocycles. The van der Waals surface area contributed by atoms with Crippen LogP contribution in [0, 0.1) is 0 Å². The summed E-state index contributed by atoms with van der Waals surface area (Å²) < 4.78 is 45.7. The van der Waals surface area contributed by atoms with Gasteiger partial charge in [0.25, 0.3) is 0 Å². The Balaban J connectivity index is 0.000000430. The van der Waals surface area contributed by atoms with E-state index in [0.717, 1.165) is 0 Å². The number of esters is 5. The maximum Gasteiger partial charge on any atom is 0.303 e. The quantitative estimate of drug-likeness (QED) is 0.117. The molecule has 0 heterocycles. The number of carbonyl (C=O) groups excluding carboxylic acids is 5. The fourth-order valence-corrected chi connectivity index (χ4v) is 3.81. The van der Waals surface area contributed by atoms with Crippen molar-refractivity contribution >= 4 is 29.8 Å². The van der Waals surface area contributed by atoms with Crippen LogP contribution in [0.1, 0.15) is 34.6 Å². The van der Waals surface area contributed by atoms with Crippen LogP contribution in [-0.4, -0.2) is 117 Å². The van der Waals surface area contributed by atoms with E-state index in [4.69, 9.17) is 33.2 Å². The van der Waals surface area contributed by atoms with E-state index in [0.29, 0.717) is 17.2 Å². The number of ether oxygens (including phenoxy) is 9. The zero-order valence-corrected chi connectivity index (χ0v) is 32.2. The van der Waals surface area contributed by atoms with Gasteiger partial charge in [-0.2, -0.15) is 0 Å². The smallest absolute Gasteiger partial charge is 0.303 e. The molecule has 0 aliphatic carbocycles. The molecule has 0 amide bonds. The Kier molecular flexibility index (Phi) is 25.6. The largest absolute Gasteiger partial charge is 0.491 e. The number of aliphatic hydroxyl groups is 2. The highest BCUT2D eigenvalue weighted by molar-refractivity contribution is 5.67. The first kappa shape index (κ1) is 48.3. The third kappa shape index (κ3) is 27.8. The molecule has 0 radical (unpaired) electrons. The summed E-state index contributed by atoms with van der Waals surface area (Å²) in [5.74, 6) is -0.183. The van der Waals surface area contributed by atoms with E-state index in [1.807, 2.05) is 54.6 Å². The standard InChI is InChI=1S/C16H22O7.C13H16O5.C11H14O4/c1-12(17)20-8-14(19)9-22-16(10-21-13(2)18)11-23-15-6-4-3-5-7-15;1-10(14)16-8-13(18-11(2)15)9-17-12-6-4-3-5-7-12;1-9(12)14-7-10(13)8-15-11-5-3-2-4-6-11/h3-7,14,16,19H,8-11H2,1-2H3;3-7,13H,8-9H2,1-2H3;2-6,10,13H,7-8H2,1H3. The van der Waals surface area contributed by atoms with Crippen LogP contribution in [0.2, 0.25) is 0 Å². The van der Waals surface area contributed by atoms with Gasteiger partial charge in [-0.25, -0.2) is 0 Å². The molecule has 0 aliphatic rings. The molecule has 3 aromatic rings. The van der Waals surface area contributed by atoms with Crippen LogP contribution in [0.25, 0.3) is 0 Å². The molecule has 0 aliphatic heterocycles. The zero-order valence-electron chi connectivity index (χ0n) is 32.2. The lowest BCUT2D eigenvalue weighted by molar-refractivity contribution is -0.158. The summed E-state index contributed by atoms with van der Waals surface area (Å²) >= 11 is 0. The molecule has 308 valence electrons. The minimum Gasteiger partial charge on any atom is -0.491 e. The fourth-order valence-electron chi connectivity index (χ4n) is 3.81. The number of hydrogen-bond donors (Lipinski definition) is 2. The fraction of sp³-hybridized carbons (Fsp3) is 0.425. The summed E-state index contributed by atoms with van der Waals surface area (Å²) in [6.45, 7) is 6.55. The Morgan fingerprint density at radius 1 is 0.411 bits per heavy atom. The van der Waals surface area contributed by atoms with Crippen molar-refractivity contribution in [1.29, 1.82) is 0 Å². The highest BCUT2D eigenvalue weighted by Gasteiger charge is 2.17. The van der Waals surface area contributed by atoms with E-state index in [2.05, 4.69) is 9.47 Å². The summed E-state index contributed by atoms with van der Waals surface area (Å²) in [7, 11) is 0. The van der Waals surface area contributed by atoms with E-state index in [1.165, 1.54) is 34.6 Å². The number of carbonyl (C=O) groups is 5. The average Bonchev–Trinajstić information content (AvgIpc) is 3.17. The molecule has 0 saturated heterocycles. The summed E-state index contributed by atoms with van der Waals surface area (Å²) in [6.07, 6.45) is -2.91. The number of para-hydroxylation sites is 3. The molecule has 4 atom stereocenters. The monoisotopic (exact) mass is 788 g/mol. The van der Waals surface area contributed by atoms with E-state index >= 15 is 0 Å². The van der Waals surface area contributed by atoms with Gasteiger partial charge in [-0.3, -0.25) is 24.0 Å². The predicted octanol–water partition coefficient (Wildman–Crippen LogP) is 3.49. The highest BCUT2D eigenvalue weighted by atomic mass is 16.6. The number of aliphatic hydroxyl groups excluding tert-OH is 2. The van der Waals surface area contributed by atoms with Crippen LogP contribution in [0.15, 0.2) is 91.0 Å². The summed E-state index contributed by atoms with van der Waals surface area (Å²) in [5.41, 5.74) is 0. The van der Waals surface area contributed by atoms with Crippen LogP contribution in [0.4, 0.5) is 0 Å². The van der Waals surface area contributed by atoms with E-state index in [-0.39, 0.29) is 52.9 Å². The van der Waals surface area contributed by atoms with Gasteiger partial charge in [-0.05, 0) is 36.4 Å². The molecule has 0 aromatic heterocycles. The molecule has 3 rings (SSSR count). The number of benzene rings is 3. The van der Waals surface area contributed by atoms with Gasteiger partial charge in [0.1, 0.15) is 81.8 Å². The Morgan fingerprint density at radius 3 is 1.11 bits per heavy atom. The maximum absolute atomic E-state index is 10.9. The molecular formula is C40H52O16. The molecule has 16 nitrogen and oxygen atoms in total. The molecule has 0 bridgehead atoms. The van der Waals surface area contributed by atoms with Crippen molar-refractivity contribution in [1.82, 2.24) is 0 Å². The lowest BCUT2D eigenvalue weighted by Gasteiger charge is -2.20. The average molecular weight is 789 g/mol. The van der Waals surface area contributed by atoms with Crippen molar-refractivity contribution in [2.24, 2.45) is 0 Å². The van der Waals surface area contributed by atoms with Gasteiger partial charge < -0.3 is 52.8 Å². The van der Waals surface area contributed by atoms with Crippen molar-refractivity contribution in [3.8, 4) is 17.2 Å². The van der Waals surface area contributed by atoms with E-state index in [1.54, 1.807) is 36.4 Å². The summed E-state index contributed by atoms with van der Waals surface area (Å²) in [6, 6.07) is 27.4. The SMILES string of the molecule is CC(=O)OCC(COc1ccccc1)OC(C)=O.CC(=O)OCC(O)COC(COC(C)=O)COc1ccccc1.CC(=O)OCC(O)COc1ccccc1. The van der Waals surface area contributed by atoms with E-state index < -0.39 is 54.3 Å². The van der Waals surface area contributed by atoms with Gasteiger partial charge >= 0.3 is 29.8 Å². The third-order valence-electron chi connectivity index (χ3n) is 6.30. The van der Waals surface area contributed by atoms with Crippen LogP contribution in [0.3, 0.4) is 0 Å². The first-order valence-electron chi connectivity index (χ1n) is 17.4. The van der Waals surface area contributed by atoms with Crippen LogP contribution in [0.5, 0.6) is 17.2 Å². The second-order valence-corrected chi connectivity index (χ2v) is 11.6. The molecule has 2 N–H and O–H groups in total. The second-order valence-electron chi connectivity index (χ2n) is 11.6. The van der Waals surface area contributed by atoms with Crippen molar-refractivity contribution in [3.05, 3.63) is 91.0 Å². The summed E-state index contributed by atoms with van der Waals surface area (Å²) in [5, 5.41) is 19.0. The molecule has 16 heteroatoms. The number of rotatable bonds is 21. The van der Waals surface area contributed by atoms with Crippen molar-refractivity contribution < 1.29 is 76.8 Å². The Labute approximate surface area is 326 Å². The molecule has 4 unspecified atom stereocenters. The summed E-state index contributed by atoms with van der Waals surface area (Å²) in [4.78, 5) is 53.6. The normalized spacial score (nSPS) is 12.2. The van der Waals surface area contributed by atoms with Crippen molar-refractivity contribution in [3.63, 3.8) is 0 Å².